The number of benzene rings is 1. The highest BCUT2D eigenvalue weighted by molar-refractivity contribution is 5.95. The molecule has 2 aromatic rings. The third kappa shape index (κ3) is 3.97. The van der Waals surface area contributed by atoms with Crippen LogP contribution < -0.4 is 0 Å². The molecule has 1 aliphatic rings. The Morgan fingerprint density at radius 2 is 2.00 bits per heavy atom. The van der Waals surface area contributed by atoms with Gasteiger partial charge in [-0.1, -0.05) is 50.7 Å². The molecule has 0 bridgehead atoms. The first-order chi connectivity index (χ1) is 12.6. The van der Waals surface area contributed by atoms with Gasteiger partial charge in [-0.15, -0.1) is 10.2 Å². The number of hydrogen-bond acceptors (Lipinski definition) is 3. The van der Waals surface area contributed by atoms with Crippen LogP contribution in [0.2, 0.25) is 0 Å². The molecule has 0 saturated heterocycles. The van der Waals surface area contributed by atoms with Crippen LogP contribution in [0.25, 0.3) is 10.9 Å². The van der Waals surface area contributed by atoms with Crippen molar-refractivity contribution in [2.45, 2.75) is 71.8 Å². The Morgan fingerprint density at radius 3 is 2.73 bits per heavy atom. The van der Waals surface area contributed by atoms with Crippen LogP contribution in [-0.2, 0) is 11.3 Å². The number of amides is 1. The number of carbonyl (C=O) groups excluding carboxylic acids is 1. The quantitative estimate of drug-likeness (QED) is 0.507. The van der Waals surface area contributed by atoms with Gasteiger partial charge in [-0.3, -0.25) is 4.79 Å². The lowest BCUT2D eigenvalue weighted by Crippen LogP contribution is -2.15. The molecule has 5 nitrogen and oxygen atoms in total. The molecule has 1 heterocycles. The largest absolute Gasteiger partial charge is 0.493 e. The molecule has 1 aliphatic carbocycles. The molecule has 3 rings (SSSR count). The third-order valence-electron chi connectivity index (χ3n) is 5.35. The van der Waals surface area contributed by atoms with Gasteiger partial charge in [0.1, 0.15) is 0 Å². The average molecular weight is 355 g/mol. The highest BCUT2D eigenvalue weighted by atomic mass is 16.3. The van der Waals surface area contributed by atoms with E-state index in [1.807, 2.05) is 29.7 Å². The monoisotopic (exact) mass is 355 g/mol. The highest BCUT2D eigenvalue weighted by Crippen LogP contribution is 2.40. The van der Waals surface area contributed by atoms with Crippen molar-refractivity contribution in [1.29, 1.82) is 0 Å². The zero-order valence-electron chi connectivity index (χ0n) is 15.9. The summed E-state index contributed by atoms with van der Waals surface area (Å²) in [6.07, 6.45) is 8.43. The number of azo groups is 1. The van der Waals surface area contributed by atoms with Gasteiger partial charge in [-0.25, -0.2) is 0 Å². The van der Waals surface area contributed by atoms with Crippen LogP contribution in [-0.4, -0.2) is 15.6 Å². The summed E-state index contributed by atoms with van der Waals surface area (Å²) in [6.45, 7) is 4.91. The second kappa shape index (κ2) is 8.47. The number of nitrogens with zero attached hydrogens (tertiary/aromatic N) is 3. The first-order valence-corrected chi connectivity index (χ1v) is 9.89. The maximum absolute atomic E-state index is 12.4. The maximum atomic E-state index is 12.4. The van der Waals surface area contributed by atoms with E-state index in [9.17, 15) is 9.90 Å². The Balaban J connectivity index is 1.91. The van der Waals surface area contributed by atoms with Gasteiger partial charge in [-0.2, -0.15) is 0 Å². The Hall–Kier alpha value is -2.17. The summed E-state index contributed by atoms with van der Waals surface area (Å²) in [5, 5.41) is 19.8. The number of carbonyl (C=O) groups is 1. The maximum Gasteiger partial charge on any atom is 0.267 e. The molecule has 5 heteroatoms. The fourth-order valence-electron chi connectivity index (χ4n) is 3.81. The topological polar surface area (TPSA) is 66.9 Å². The smallest absolute Gasteiger partial charge is 0.267 e. The summed E-state index contributed by atoms with van der Waals surface area (Å²) in [5.74, 6) is -0.0418. The molecule has 1 saturated carbocycles. The standard InChI is InChI=1S/C21H29N3O2/c1-3-4-8-13-24-18-12-11-15(2)14-17(18)19(21(24)26)22-23-20(25)16-9-6-5-7-10-16/h11-12,14,16,26H,3-10,13H2,1-2H3. The third-order valence-corrected chi connectivity index (χ3v) is 5.35. The molecule has 0 spiro atoms. The van der Waals surface area contributed by atoms with E-state index in [0.717, 1.165) is 68.0 Å². The van der Waals surface area contributed by atoms with Gasteiger partial charge >= 0.3 is 0 Å². The normalized spacial score (nSPS) is 15.9. The summed E-state index contributed by atoms with van der Waals surface area (Å²) in [6, 6.07) is 6.05. The highest BCUT2D eigenvalue weighted by Gasteiger charge is 2.22. The molecule has 1 aromatic heterocycles. The Labute approximate surface area is 155 Å². The van der Waals surface area contributed by atoms with Crippen molar-refractivity contribution in [3.63, 3.8) is 0 Å². The molecule has 140 valence electrons. The van der Waals surface area contributed by atoms with Gasteiger partial charge in [0.25, 0.3) is 5.91 Å². The molecule has 1 aromatic carbocycles. The lowest BCUT2D eigenvalue weighted by Gasteiger charge is -2.17. The number of aromatic nitrogens is 1. The molecule has 0 aliphatic heterocycles. The fourth-order valence-corrected chi connectivity index (χ4v) is 3.81. The SMILES string of the molecule is CCCCCn1c(O)c(N=NC(=O)C2CCCCC2)c2cc(C)ccc21. The van der Waals surface area contributed by atoms with Gasteiger partial charge in [0.15, 0.2) is 5.69 Å². The lowest BCUT2D eigenvalue weighted by atomic mass is 9.89. The number of hydrogen-bond donors (Lipinski definition) is 1. The number of unbranched alkanes of at least 4 members (excludes halogenated alkanes) is 2. The lowest BCUT2D eigenvalue weighted by molar-refractivity contribution is -0.122. The van der Waals surface area contributed by atoms with Gasteiger partial charge in [0.2, 0.25) is 5.88 Å². The Morgan fingerprint density at radius 1 is 1.23 bits per heavy atom. The van der Waals surface area contributed by atoms with Crippen LogP contribution in [0.5, 0.6) is 5.88 Å². The number of aromatic hydroxyl groups is 1. The zero-order chi connectivity index (χ0) is 18.5. The molecular weight excluding hydrogens is 326 g/mol. The minimum atomic E-state index is -0.149. The summed E-state index contributed by atoms with van der Waals surface area (Å²) >= 11 is 0. The minimum Gasteiger partial charge on any atom is -0.493 e. The second-order valence-corrected chi connectivity index (χ2v) is 7.42. The summed E-state index contributed by atoms with van der Waals surface area (Å²) in [7, 11) is 0. The van der Waals surface area contributed by atoms with Gasteiger partial charge in [-0.05, 0) is 38.3 Å². The van der Waals surface area contributed by atoms with Crippen molar-refractivity contribution in [2.75, 3.05) is 0 Å². The molecule has 1 N–H and O–H groups in total. The van der Waals surface area contributed by atoms with Crippen molar-refractivity contribution in [3.05, 3.63) is 23.8 Å². The van der Waals surface area contributed by atoms with Crippen LogP contribution in [0, 0.1) is 12.8 Å². The first kappa shape index (κ1) is 18.6. The Kier molecular flexibility index (Phi) is 6.07. The van der Waals surface area contributed by atoms with Crippen LogP contribution in [0.15, 0.2) is 28.4 Å². The molecule has 0 atom stereocenters. The average Bonchev–Trinajstić information content (AvgIpc) is 2.91. The molecular formula is C21H29N3O2. The summed E-state index contributed by atoms with van der Waals surface area (Å²) in [4.78, 5) is 12.4. The van der Waals surface area contributed by atoms with E-state index >= 15 is 0 Å². The van der Waals surface area contributed by atoms with E-state index in [1.54, 1.807) is 0 Å². The second-order valence-electron chi connectivity index (χ2n) is 7.42. The molecule has 0 unspecified atom stereocenters. The first-order valence-electron chi connectivity index (χ1n) is 9.89. The predicted octanol–water partition coefficient (Wildman–Crippen LogP) is 6.04. The molecule has 26 heavy (non-hydrogen) atoms. The van der Waals surface area contributed by atoms with Gasteiger partial charge in [0.05, 0.1) is 5.52 Å². The summed E-state index contributed by atoms with van der Waals surface area (Å²) in [5.41, 5.74) is 2.46. The van der Waals surface area contributed by atoms with E-state index in [1.165, 1.54) is 6.42 Å². The molecule has 1 fully saturated rings. The minimum absolute atomic E-state index is 0.00529. The van der Waals surface area contributed by atoms with E-state index in [-0.39, 0.29) is 17.7 Å². The van der Waals surface area contributed by atoms with Crippen molar-refractivity contribution in [3.8, 4) is 5.88 Å². The number of rotatable bonds is 6. The van der Waals surface area contributed by atoms with Crippen LogP contribution in [0.3, 0.4) is 0 Å². The number of fused-ring (bicyclic) bond motifs is 1. The van der Waals surface area contributed by atoms with Crippen molar-refractivity contribution < 1.29 is 9.90 Å². The van der Waals surface area contributed by atoms with Crippen LogP contribution in [0.4, 0.5) is 5.69 Å². The van der Waals surface area contributed by atoms with E-state index in [0.29, 0.717) is 5.69 Å². The van der Waals surface area contributed by atoms with Crippen LogP contribution in [0.1, 0.15) is 63.9 Å². The zero-order valence-corrected chi connectivity index (χ0v) is 15.9. The fraction of sp³-hybridized carbons (Fsp3) is 0.571. The van der Waals surface area contributed by atoms with Crippen molar-refractivity contribution >= 4 is 22.5 Å². The van der Waals surface area contributed by atoms with Gasteiger partial charge < -0.3 is 9.67 Å². The van der Waals surface area contributed by atoms with Crippen molar-refractivity contribution in [2.24, 2.45) is 16.1 Å². The van der Waals surface area contributed by atoms with E-state index in [4.69, 9.17) is 0 Å². The van der Waals surface area contributed by atoms with E-state index < -0.39 is 0 Å². The molecule has 0 radical (unpaired) electrons. The molecule has 1 amide bonds. The van der Waals surface area contributed by atoms with Crippen LogP contribution >= 0.6 is 0 Å². The number of aryl methyl sites for hydroxylation is 2. The van der Waals surface area contributed by atoms with Crippen molar-refractivity contribution in [1.82, 2.24) is 4.57 Å². The van der Waals surface area contributed by atoms with E-state index in [2.05, 4.69) is 17.2 Å². The predicted molar refractivity (Wildman–Crippen MR) is 104 cm³/mol. The van der Waals surface area contributed by atoms with Gasteiger partial charge in [0, 0.05) is 17.8 Å². The summed E-state index contributed by atoms with van der Waals surface area (Å²) < 4.78 is 1.89. The Bertz CT molecular complexity index is 801.